The van der Waals surface area contributed by atoms with E-state index in [2.05, 4.69) is 4.90 Å². The van der Waals surface area contributed by atoms with Crippen molar-refractivity contribution in [3.8, 4) is 0 Å². The number of non-ortho nitro benzene ring substituents is 1. The number of hydrogen-bond acceptors (Lipinski definition) is 4. The van der Waals surface area contributed by atoms with Gasteiger partial charge in [-0.2, -0.15) is 0 Å². The first kappa shape index (κ1) is 15.7. The van der Waals surface area contributed by atoms with Gasteiger partial charge in [0.1, 0.15) is 0 Å². The van der Waals surface area contributed by atoms with Crippen LogP contribution >= 0.6 is 11.6 Å². The quantitative estimate of drug-likeness (QED) is 0.618. The maximum absolute atomic E-state index is 12.3. The van der Waals surface area contributed by atoms with Crippen LogP contribution in [0.5, 0.6) is 0 Å². The van der Waals surface area contributed by atoms with Crippen LogP contribution in [-0.2, 0) is 0 Å². The van der Waals surface area contributed by atoms with Crippen LogP contribution in [0.15, 0.2) is 18.2 Å². The number of nitrogens with zero attached hydrogens (tertiary/aromatic N) is 3. The molecule has 1 amide bonds. The minimum Gasteiger partial charge on any atom is -0.340 e. The zero-order valence-corrected chi connectivity index (χ0v) is 12.7. The van der Waals surface area contributed by atoms with E-state index in [0.717, 1.165) is 19.6 Å². The SMILES string of the molecule is CN(CCN1CCCC1)C(=O)c1ccc([N+](=O)[O-])cc1Cl. The molecule has 21 heavy (non-hydrogen) atoms. The van der Waals surface area contributed by atoms with E-state index < -0.39 is 4.92 Å². The van der Waals surface area contributed by atoms with Crippen LogP contribution in [0.2, 0.25) is 5.02 Å². The molecule has 7 heteroatoms. The van der Waals surface area contributed by atoms with E-state index in [1.807, 2.05) is 0 Å². The Morgan fingerprint density at radius 2 is 2.10 bits per heavy atom. The maximum Gasteiger partial charge on any atom is 0.270 e. The Morgan fingerprint density at radius 1 is 1.43 bits per heavy atom. The Labute approximate surface area is 128 Å². The number of hydrogen-bond donors (Lipinski definition) is 0. The number of nitro groups is 1. The number of likely N-dealkylation sites (N-methyl/N-ethyl adjacent to an activating group) is 1. The van der Waals surface area contributed by atoms with Gasteiger partial charge in [-0.05, 0) is 32.0 Å². The van der Waals surface area contributed by atoms with Crippen molar-refractivity contribution in [1.29, 1.82) is 0 Å². The van der Waals surface area contributed by atoms with E-state index in [1.54, 1.807) is 11.9 Å². The second-order valence-electron chi connectivity index (χ2n) is 5.20. The molecule has 6 nitrogen and oxygen atoms in total. The zero-order valence-electron chi connectivity index (χ0n) is 11.9. The van der Waals surface area contributed by atoms with Gasteiger partial charge in [0.2, 0.25) is 0 Å². The molecule has 1 aromatic carbocycles. The number of nitro benzene ring substituents is 1. The number of likely N-dealkylation sites (tertiary alicyclic amines) is 1. The Morgan fingerprint density at radius 3 is 2.67 bits per heavy atom. The standard InChI is InChI=1S/C14H18ClN3O3/c1-16(8-9-17-6-2-3-7-17)14(19)12-5-4-11(18(20)21)10-13(12)15/h4-5,10H,2-3,6-9H2,1H3. The van der Waals surface area contributed by atoms with Crippen molar-refractivity contribution in [2.24, 2.45) is 0 Å². The average Bonchev–Trinajstić information content (AvgIpc) is 2.97. The summed E-state index contributed by atoms with van der Waals surface area (Å²) in [6.07, 6.45) is 2.43. The van der Waals surface area contributed by atoms with Crippen LogP contribution in [-0.4, -0.2) is 53.9 Å². The van der Waals surface area contributed by atoms with Crippen molar-refractivity contribution in [3.63, 3.8) is 0 Å². The number of carbonyl (C=O) groups excluding carboxylic acids is 1. The van der Waals surface area contributed by atoms with E-state index in [0.29, 0.717) is 12.1 Å². The van der Waals surface area contributed by atoms with Crippen LogP contribution < -0.4 is 0 Å². The fourth-order valence-corrected chi connectivity index (χ4v) is 2.65. The van der Waals surface area contributed by atoms with Gasteiger partial charge >= 0.3 is 0 Å². The summed E-state index contributed by atoms with van der Waals surface area (Å²) >= 11 is 5.98. The number of halogens is 1. The summed E-state index contributed by atoms with van der Waals surface area (Å²) in [6.45, 7) is 3.62. The van der Waals surface area contributed by atoms with E-state index in [1.165, 1.54) is 31.0 Å². The normalized spacial score (nSPS) is 15.1. The number of carbonyl (C=O) groups is 1. The Kier molecular flexibility index (Phi) is 5.14. The van der Waals surface area contributed by atoms with Gasteiger partial charge in [-0.3, -0.25) is 14.9 Å². The van der Waals surface area contributed by atoms with Gasteiger partial charge in [-0.1, -0.05) is 11.6 Å². The van der Waals surface area contributed by atoms with Crippen LogP contribution in [0.3, 0.4) is 0 Å². The minimum absolute atomic E-state index is 0.113. The molecule has 0 unspecified atom stereocenters. The fraction of sp³-hybridized carbons (Fsp3) is 0.500. The third-order valence-electron chi connectivity index (χ3n) is 3.69. The van der Waals surface area contributed by atoms with Gasteiger partial charge in [-0.15, -0.1) is 0 Å². The van der Waals surface area contributed by atoms with Gasteiger partial charge in [0, 0.05) is 32.3 Å². The number of rotatable bonds is 5. The largest absolute Gasteiger partial charge is 0.340 e. The van der Waals surface area contributed by atoms with E-state index in [-0.39, 0.29) is 16.6 Å². The third kappa shape index (κ3) is 3.92. The molecule has 0 bridgehead atoms. The lowest BCUT2D eigenvalue weighted by atomic mass is 10.2. The van der Waals surface area contributed by atoms with Crippen LogP contribution in [0.25, 0.3) is 0 Å². The van der Waals surface area contributed by atoms with E-state index in [4.69, 9.17) is 11.6 Å². The molecular formula is C14H18ClN3O3. The lowest BCUT2D eigenvalue weighted by Crippen LogP contribution is -2.35. The molecule has 114 valence electrons. The first-order chi connectivity index (χ1) is 9.99. The highest BCUT2D eigenvalue weighted by Crippen LogP contribution is 2.23. The highest BCUT2D eigenvalue weighted by molar-refractivity contribution is 6.34. The first-order valence-electron chi connectivity index (χ1n) is 6.91. The molecule has 2 rings (SSSR count). The first-order valence-corrected chi connectivity index (χ1v) is 7.28. The summed E-state index contributed by atoms with van der Waals surface area (Å²) in [5.74, 6) is -0.214. The Balaban J connectivity index is 1.99. The fourth-order valence-electron chi connectivity index (χ4n) is 2.40. The molecule has 0 aliphatic carbocycles. The van der Waals surface area contributed by atoms with Gasteiger partial charge in [0.25, 0.3) is 11.6 Å². The Hall–Kier alpha value is -1.66. The summed E-state index contributed by atoms with van der Waals surface area (Å²) in [4.78, 5) is 26.4. The number of amides is 1. The highest BCUT2D eigenvalue weighted by atomic mass is 35.5. The Bertz CT molecular complexity index is 544. The predicted molar refractivity (Wildman–Crippen MR) is 80.7 cm³/mol. The van der Waals surface area contributed by atoms with Gasteiger partial charge < -0.3 is 9.80 Å². The van der Waals surface area contributed by atoms with Crippen molar-refractivity contribution in [1.82, 2.24) is 9.80 Å². The topological polar surface area (TPSA) is 66.7 Å². The monoisotopic (exact) mass is 311 g/mol. The van der Waals surface area contributed by atoms with Crippen LogP contribution in [0.4, 0.5) is 5.69 Å². The summed E-state index contributed by atoms with van der Waals surface area (Å²) in [5.41, 5.74) is 0.183. The molecule has 1 saturated heterocycles. The van der Waals surface area contributed by atoms with Gasteiger partial charge in [-0.25, -0.2) is 0 Å². The van der Waals surface area contributed by atoms with Crippen molar-refractivity contribution in [2.75, 3.05) is 33.2 Å². The summed E-state index contributed by atoms with van der Waals surface area (Å²) in [7, 11) is 1.72. The third-order valence-corrected chi connectivity index (χ3v) is 4.00. The van der Waals surface area contributed by atoms with E-state index >= 15 is 0 Å². The maximum atomic E-state index is 12.3. The molecule has 0 atom stereocenters. The lowest BCUT2D eigenvalue weighted by molar-refractivity contribution is -0.384. The molecule has 1 aliphatic heterocycles. The van der Waals surface area contributed by atoms with Gasteiger partial charge in [0.15, 0.2) is 0 Å². The molecule has 1 heterocycles. The molecule has 0 radical (unpaired) electrons. The molecule has 0 saturated carbocycles. The van der Waals surface area contributed by atoms with Crippen LogP contribution in [0, 0.1) is 10.1 Å². The lowest BCUT2D eigenvalue weighted by Gasteiger charge is -2.21. The molecule has 1 aliphatic rings. The molecule has 0 N–H and O–H groups in total. The average molecular weight is 312 g/mol. The summed E-state index contributed by atoms with van der Waals surface area (Å²) < 4.78 is 0. The minimum atomic E-state index is -0.531. The van der Waals surface area contributed by atoms with Crippen LogP contribution in [0.1, 0.15) is 23.2 Å². The van der Waals surface area contributed by atoms with E-state index in [9.17, 15) is 14.9 Å². The molecule has 1 fully saturated rings. The second kappa shape index (κ2) is 6.87. The van der Waals surface area contributed by atoms with Crippen molar-refractivity contribution in [3.05, 3.63) is 38.9 Å². The smallest absolute Gasteiger partial charge is 0.270 e. The summed E-state index contributed by atoms with van der Waals surface area (Å²) in [5, 5.41) is 10.8. The van der Waals surface area contributed by atoms with Gasteiger partial charge in [0.05, 0.1) is 15.5 Å². The predicted octanol–water partition coefficient (Wildman–Crippen LogP) is 2.42. The number of benzene rings is 1. The molecule has 1 aromatic rings. The molecule has 0 aromatic heterocycles. The summed E-state index contributed by atoms with van der Waals surface area (Å²) in [6, 6.07) is 3.92. The van der Waals surface area contributed by atoms with Crippen molar-refractivity contribution >= 4 is 23.2 Å². The van der Waals surface area contributed by atoms with Crippen molar-refractivity contribution in [2.45, 2.75) is 12.8 Å². The highest BCUT2D eigenvalue weighted by Gasteiger charge is 2.19. The zero-order chi connectivity index (χ0) is 15.4. The second-order valence-corrected chi connectivity index (χ2v) is 5.60. The van der Waals surface area contributed by atoms with Crippen molar-refractivity contribution < 1.29 is 9.72 Å². The molecular weight excluding hydrogens is 294 g/mol. The molecule has 0 spiro atoms.